The second-order valence-electron chi connectivity index (χ2n) is 9.23. The van der Waals surface area contributed by atoms with Crippen LogP contribution in [0.2, 0.25) is 0 Å². The molecule has 6 aromatic rings. The number of benzene rings is 4. The van der Waals surface area contributed by atoms with E-state index in [1.54, 1.807) is 15.5 Å². The summed E-state index contributed by atoms with van der Waals surface area (Å²) in [6, 6.07) is 34.5. The Balaban J connectivity index is 1.56. The van der Waals surface area contributed by atoms with E-state index < -0.39 is 6.04 Å². The van der Waals surface area contributed by atoms with E-state index in [0.717, 1.165) is 22.0 Å². The fraction of sp³-hybridized carbons (Fsp3) is 0.0938. The molecule has 0 spiro atoms. The fourth-order valence-electron chi connectivity index (χ4n) is 4.84. The van der Waals surface area contributed by atoms with Crippen LogP contribution in [0.15, 0.2) is 119 Å². The van der Waals surface area contributed by atoms with Crippen molar-refractivity contribution in [1.29, 1.82) is 0 Å². The fourth-order valence-corrected chi connectivity index (χ4v) is 5.52. The monoisotopic (exact) mass is 515 g/mol. The zero-order valence-corrected chi connectivity index (χ0v) is 21.6. The van der Waals surface area contributed by atoms with E-state index >= 15 is 0 Å². The number of amides is 1. The van der Waals surface area contributed by atoms with Gasteiger partial charge in [0.15, 0.2) is 0 Å². The first-order valence-corrected chi connectivity index (χ1v) is 13.4. The molecule has 1 unspecified atom stereocenters. The number of rotatable bonds is 6. The van der Waals surface area contributed by atoms with E-state index in [2.05, 4.69) is 0 Å². The minimum absolute atomic E-state index is 0.0937. The summed E-state index contributed by atoms with van der Waals surface area (Å²) in [6.45, 7) is 2.34. The number of carbonyl (C=O) groups is 1. The number of aromatic nitrogens is 2. The minimum Gasteiger partial charge on any atom is -0.324 e. The van der Waals surface area contributed by atoms with Crippen molar-refractivity contribution in [2.75, 3.05) is 0 Å². The van der Waals surface area contributed by atoms with Gasteiger partial charge in [-0.3, -0.25) is 14.2 Å². The van der Waals surface area contributed by atoms with Gasteiger partial charge in [-0.15, -0.1) is 11.3 Å². The third kappa shape index (κ3) is 4.40. The van der Waals surface area contributed by atoms with Crippen molar-refractivity contribution < 1.29 is 4.79 Å². The van der Waals surface area contributed by atoms with E-state index in [1.165, 1.54) is 11.3 Å². The van der Waals surface area contributed by atoms with Crippen molar-refractivity contribution in [2.24, 2.45) is 0 Å². The van der Waals surface area contributed by atoms with Gasteiger partial charge in [0.2, 0.25) is 0 Å². The zero-order chi connectivity index (χ0) is 26.1. The summed E-state index contributed by atoms with van der Waals surface area (Å²) in [6.07, 6.45) is 0. The Hall–Kier alpha value is -4.55. The summed E-state index contributed by atoms with van der Waals surface area (Å²) >= 11 is 1.41. The highest BCUT2D eigenvalue weighted by atomic mass is 32.1. The summed E-state index contributed by atoms with van der Waals surface area (Å²) in [5.41, 5.74) is 2.18. The van der Waals surface area contributed by atoms with E-state index in [0.29, 0.717) is 28.1 Å². The SMILES string of the molecule is CC(c1nc2ccccc2c(=O)n1-c1ccc2ccccc2c1)N(Cc1ccccc1)C(=O)c1cccs1. The average Bonchev–Trinajstić information content (AvgIpc) is 3.51. The molecule has 4 aromatic carbocycles. The molecular weight excluding hydrogens is 490 g/mol. The molecular formula is C32H25N3O2S. The molecule has 6 heteroatoms. The highest BCUT2D eigenvalue weighted by molar-refractivity contribution is 7.12. The van der Waals surface area contributed by atoms with Gasteiger partial charge in [0.05, 0.1) is 27.5 Å². The number of thiophene rings is 1. The van der Waals surface area contributed by atoms with Gasteiger partial charge >= 0.3 is 0 Å². The number of fused-ring (bicyclic) bond motifs is 2. The second-order valence-corrected chi connectivity index (χ2v) is 10.2. The number of hydrogen-bond acceptors (Lipinski definition) is 4. The first-order chi connectivity index (χ1) is 18.6. The summed E-state index contributed by atoms with van der Waals surface area (Å²) in [4.78, 5) is 35.2. The zero-order valence-electron chi connectivity index (χ0n) is 20.8. The largest absolute Gasteiger partial charge is 0.324 e. The van der Waals surface area contributed by atoms with Crippen LogP contribution >= 0.6 is 11.3 Å². The molecule has 1 amide bonds. The van der Waals surface area contributed by atoms with Crippen molar-refractivity contribution in [3.05, 3.63) is 141 Å². The van der Waals surface area contributed by atoms with Gasteiger partial charge in [-0.2, -0.15) is 0 Å². The molecule has 0 fully saturated rings. The maximum atomic E-state index is 14.0. The lowest BCUT2D eigenvalue weighted by molar-refractivity contribution is 0.0669. The van der Waals surface area contributed by atoms with E-state index in [1.807, 2.05) is 115 Å². The summed E-state index contributed by atoms with van der Waals surface area (Å²) < 4.78 is 1.67. The Labute approximate surface area is 224 Å². The Kier molecular flexibility index (Phi) is 6.32. The van der Waals surface area contributed by atoms with Gasteiger partial charge < -0.3 is 4.90 Å². The van der Waals surface area contributed by atoms with Crippen molar-refractivity contribution in [2.45, 2.75) is 19.5 Å². The highest BCUT2D eigenvalue weighted by Gasteiger charge is 2.28. The van der Waals surface area contributed by atoms with Crippen LogP contribution < -0.4 is 5.56 Å². The minimum atomic E-state index is -0.492. The molecule has 2 aromatic heterocycles. The Morgan fingerprint density at radius 3 is 2.39 bits per heavy atom. The molecule has 0 radical (unpaired) electrons. The molecule has 0 aliphatic carbocycles. The maximum absolute atomic E-state index is 14.0. The van der Waals surface area contributed by atoms with Gasteiger partial charge in [0.25, 0.3) is 11.5 Å². The Bertz CT molecular complexity index is 1810. The smallest absolute Gasteiger partial charge is 0.266 e. The first kappa shape index (κ1) is 23.8. The van der Waals surface area contributed by atoms with Crippen LogP contribution in [0.1, 0.15) is 34.0 Å². The van der Waals surface area contributed by atoms with E-state index in [9.17, 15) is 9.59 Å². The third-order valence-electron chi connectivity index (χ3n) is 6.82. The number of nitrogens with zero attached hydrogens (tertiary/aromatic N) is 3. The van der Waals surface area contributed by atoms with Crippen molar-refractivity contribution in [3.63, 3.8) is 0 Å². The lowest BCUT2D eigenvalue weighted by atomic mass is 10.1. The first-order valence-electron chi connectivity index (χ1n) is 12.5. The Morgan fingerprint density at radius 1 is 0.868 bits per heavy atom. The number of para-hydroxylation sites is 1. The highest BCUT2D eigenvalue weighted by Crippen LogP contribution is 2.28. The summed E-state index contributed by atoms with van der Waals surface area (Å²) in [7, 11) is 0. The molecule has 0 aliphatic rings. The molecule has 0 bridgehead atoms. The standard InChI is InChI=1S/C32H25N3O2S/c1-22(34(21-23-10-3-2-4-11-23)32(37)29-16-9-19-38-29)30-33-28-15-8-7-14-27(28)31(36)35(30)26-18-17-24-12-5-6-13-25(24)20-26/h2-20,22H,21H2,1H3. The van der Waals surface area contributed by atoms with Gasteiger partial charge in [0, 0.05) is 6.54 Å². The number of hydrogen-bond donors (Lipinski definition) is 0. The number of carbonyl (C=O) groups excluding carboxylic acids is 1. The topological polar surface area (TPSA) is 55.2 Å². The van der Waals surface area contributed by atoms with Crippen LogP contribution in [0.5, 0.6) is 0 Å². The van der Waals surface area contributed by atoms with Crippen LogP contribution in [0.25, 0.3) is 27.4 Å². The van der Waals surface area contributed by atoms with Gasteiger partial charge in [0.1, 0.15) is 5.82 Å². The lowest BCUT2D eigenvalue weighted by Crippen LogP contribution is -2.36. The normalized spacial score (nSPS) is 12.0. The van der Waals surface area contributed by atoms with Crippen molar-refractivity contribution >= 4 is 38.9 Å². The van der Waals surface area contributed by atoms with Gasteiger partial charge in [-0.25, -0.2) is 4.98 Å². The quantitative estimate of drug-likeness (QED) is 0.240. The van der Waals surface area contributed by atoms with Gasteiger partial charge in [-0.1, -0.05) is 78.9 Å². The molecule has 0 saturated carbocycles. The second kappa shape index (κ2) is 10.1. The van der Waals surface area contributed by atoms with Crippen molar-refractivity contribution in [1.82, 2.24) is 14.5 Å². The molecule has 186 valence electrons. The molecule has 1 atom stereocenters. The van der Waals surface area contributed by atoms with Crippen LogP contribution in [0.4, 0.5) is 0 Å². The van der Waals surface area contributed by atoms with Crippen molar-refractivity contribution in [3.8, 4) is 5.69 Å². The van der Waals surface area contributed by atoms with Crippen LogP contribution in [0.3, 0.4) is 0 Å². The lowest BCUT2D eigenvalue weighted by Gasteiger charge is -2.30. The predicted molar refractivity (Wildman–Crippen MR) is 154 cm³/mol. The summed E-state index contributed by atoms with van der Waals surface area (Å²) in [5, 5.41) is 4.55. The maximum Gasteiger partial charge on any atom is 0.266 e. The molecule has 2 heterocycles. The van der Waals surface area contributed by atoms with Gasteiger partial charge in [-0.05, 0) is 59.0 Å². The molecule has 0 N–H and O–H groups in total. The van der Waals surface area contributed by atoms with E-state index in [4.69, 9.17) is 4.98 Å². The predicted octanol–water partition coefficient (Wildman–Crippen LogP) is 7.00. The molecule has 5 nitrogen and oxygen atoms in total. The third-order valence-corrected chi connectivity index (χ3v) is 7.68. The van der Waals surface area contributed by atoms with Crippen LogP contribution in [-0.2, 0) is 6.54 Å². The van der Waals surface area contributed by atoms with E-state index in [-0.39, 0.29) is 11.5 Å². The van der Waals surface area contributed by atoms with Crippen LogP contribution in [-0.4, -0.2) is 20.4 Å². The molecule has 38 heavy (non-hydrogen) atoms. The molecule has 0 aliphatic heterocycles. The van der Waals surface area contributed by atoms with Crippen LogP contribution in [0, 0.1) is 0 Å². The Morgan fingerprint density at radius 2 is 1.61 bits per heavy atom. The molecule has 0 saturated heterocycles. The summed E-state index contributed by atoms with van der Waals surface area (Å²) in [5.74, 6) is 0.425. The molecule has 6 rings (SSSR count). The average molecular weight is 516 g/mol.